The summed E-state index contributed by atoms with van der Waals surface area (Å²) in [6.45, 7) is 9.97. The van der Waals surface area contributed by atoms with Crippen LogP contribution in [0.4, 0.5) is 4.79 Å². The predicted molar refractivity (Wildman–Crippen MR) is 109 cm³/mol. The molecule has 0 bridgehead atoms. The number of fused-ring (bicyclic) bond motifs is 1. The molecule has 0 radical (unpaired) electrons. The third-order valence-electron chi connectivity index (χ3n) is 4.48. The van der Waals surface area contributed by atoms with E-state index in [9.17, 15) is 24.5 Å². The maximum Gasteiger partial charge on any atom is 0.408 e. The van der Waals surface area contributed by atoms with Crippen LogP contribution >= 0.6 is 0 Å². The third kappa shape index (κ3) is 8.65. The van der Waals surface area contributed by atoms with E-state index in [1.165, 1.54) is 0 Å². The van der Waals surface area contributed by atoms with Crippen molar-refractivity contribution in [1.82, 2.24) is 5.32 Å². The number of ether oxygens (including phenoxy) is 5. The lowest BCUT2D eigenvalue weighted by atomic mass is 10.1. The number of nitrogens with zero attached hydrogens (tertiary/aromatic N) is 1. The van der Waals surface area contributed by atoms with E-state index in [-0.39, 0.29) is 26.1 Å². The van der Waals surface area contributed by atoms with Gasteiger partial charge in [-0.3, -0.25) is 4.79 Å². The van der Waals surface area contributed by atoms with Crippen molar-refractivity contribution in [3.8, 4) is 0 Å². The Kier molecular flexibility index (Phi) is 8.46. The van der Waals surface area contributed by atoms with Crippen molar-refractivity contribution in [3.63, 3.8) is 0 Å². The summed E-state index contributed by atoms with van der Waals surface area (Å²) in [4.78, 5) is 52.3. The Morgan fingerprint density at radius 3 is 2.09 bits per heavy atom. The summed E-state index contributed by atoms with van der Waals surface area (Å²) in [6.07, 6.45) is -4.44. The number of carbonyl (C=O) groups excluding carboxylic acids is 3. The first-order valence-electron chi connectivity index (χ1n) is 10.6. The van der Waals surface area contributed by atoms with Gasteiger partial charge in [-0.1, -0.05) is 0 Å². The second-order valence-electron chi connectivity index (χ2n) is 9.76. The fourth-order valence-electron chi connectivity index (χ4n) is 3.32. The fraction of sp³-hybridized carbons (Fsp3) is 0.850. The van der Waals surface area contributed by atoms with E-state index in [4.69, 9.17) is 23.7 Å². The highest BCUT2D eigenvalue weighted by atomic mass is 17.0. The molecule has 0 aliphatic carbocycles. The SMILES string of the molecule is CC(C)(C)OC(=O)CC[C@H](NC(=O)OC(C)(C)C)C(=O)O[C@H]1CO[C@H]2[C@H]1OC[C@H]2O[N+](=O)[O-]. The predicted octanol–water partition coefficient (Wildman–Crippen LogP) is 1.29. The molecule has 2 rings (SSSR count). The molecule has 0 spiro atoms. The van der Waals surface area contributed by atoms with Crippen LogP contribution in [-0.4, -0.2) is 78.0 Å². The van der Waals surface area contributed by atoms with E-state index in [0.29, 0.717) is 0 Å². The highest BCUT2D eigenvalue weighted by molar-refractivity contribution is 5.82. The van der Waals surface area contributed by atoms with Crippen LogP contribution in [0.25, 0.3) is 0 Å². The second kappa shape index (κ2) is 10.5. The van der Waals surface area contributed by atoms with Gasteiger partial charge in [0.05, 0.1) is 13.2 Å². The first kappa shape index (κ1) is 26.6. The number of carbonyl (C=O) groups is 3. The highest BCUT2D eigenvalue weighted by Gasteiger charge is 2.51. The van der Waals surface area contributed by atoms with Crippen molar-refractivity contribution < 1.29 is 48.0 Å². The molecule has 2 saturated heterocycles. The van der Waals surface area contributed by atoms with Gasteiger partial charge in [-0.05, 0) is 48.0 Å². The Morgan fingerprint density at radius 1 is 1.00 bits per heavy atom. The van der Waals surface area contributed by atoms with Crippen LogP contribution in [0, 0.1) is 10.1 Å². The van der Waals surface area contributed by atoms with Crippen molar-refractivity contribution in [2.24, 2.45) is 0 Å². The van der Waals surface area contributed by atoms with Gasteiger partial charge in [-0.2, -0.15) is 0 Å². The van der Waals surface area contributed by atoms with E-state index in [1.54, 1.807) is 41.5 Å². The lowest BCUT2D eigenvalue weighted by molar-refractivity contribution is -0.769. The van der Waals surface area contributed by atoms with E-state index >= 15 is 0 Å². The quantitative estimate of drug-likeness (QED) is 0.232. The smallest absolute Gasteiger partial charge is 0.408 e. The van der Waals surface area contributed by atoms with Crippen molar-refractivity contribution in [2.75, 3.05) is 13.2 Å². The first-order chi connectivity index (χ1) is 15.1. The number of hydrogen-bond acceptors (Lipinski definition) is 11. The van der Waals surface area contributed by atoms with Gasteiger partial charge in [0.15, 0.2) is 12.2 Å². The normalized spacial score (nSPS) is 25.5. The number of amides is 1. The van der Waals surface area contributed by atoms with E-state index < -0.39 is 64.8 Å². The van der Waals surface area contributed by atoms with Gasteiger partial charge < -0.3 is 33.8 Å². The highest BCUT2D eigenvalue weighted by Crippen LogP contribution is 2.31. The molecule has 13 heteroatoms. The summed E-state index contributed by atoms with van der Waals surface area (Å²) >= 11 is 0. The Labute approximate surface area is 191 Å². The number of rotatable bonds is 8. The van der Waals surface area contributed by atoms with Crippen LogP contribution in [0.15, 0.2) is 0 Å². The summed E-state index contributed by atoms with van der Waals surface area (Å²) in [5.41, 5.74) is -1.51. The van der Waals surface area contributed by atoms with Gasteiger partial charge in [0, 0.05) is 6.42 Å². The van der Waals surface area contributed by atoms with Crippen molar-refractivity contribution in [1.29, 1.82) is 0 Å². The molecular formula is C20H32N2O11. The number of esters is 2. The zero-order chi connectivity index (χ0) is 25.0. The molecule has 1 amide bonds. The third-order valence-corrected chi connectivity index (χ3v) is 4.48. The second-order valence-corrected chi connectivity index (χ2v) is 9.76. The summed E-state index contributed by atoms with van der Waals surface area (Å²) in [7, 11) is 0. The average Bonchev–Trinajstić information content (AvgIpc) is 3.18. The maximum atomic E-state index is 12.9. The van der Waals surface area contributed by atoms with Crippen LogP contribution in [0.3, 0.4) is 0 Å². The Hall–Kier alpha value is -2.67. The maximum absolute atomic E-state index is 12.9. The Morgan fingerprint density at radius 2 is 1.55 bits per heavy atom. The minimum Gasteiger partial charge on any atom is -0.460 e. The monoisotopic (exact) mass is 476 g/mol. The standard InChI is InChI=1S/C20H32N2O11/c1-19(2,3)31-14(23)8-7-11(21-18(25)32-20(4,5)6)17(24)30-12-9-28-16-13(33-22(26)27)10-29-15(12)16/h11-13,15-16H,7-10H2,1-6H3,(H,21,25)/t11-,12-,13+,15-,16+/m0/s1. The molecule has 5 atom stereocenters. The van der Waals surface area contributed by atoms with Gasteiger partial charge in [0.2, 0.25) is 0 Å². The zero-order valence-corrected chi connectivity index (χ0v) is 19.7. The molecule has 0 saturated carbocycles. The van der Waals surface area contributed by atoms with Gasteiger partial charge in [-0.25, -0.2) is 9.59 Å². The number of nitrogens with one attached hydrogen (secondary N) is 1. The molecule has 1 N–H and O–H groups in total. The Bertz CT molecular complexity index is 743. The zero-order valence-electron chi connectivity index (χ0n) is 19.7. The lowest BCUT2D eigenvalue weighted by Crippen LogP contribution is -2.46. The lowest BCUT2D eigenvalue weighted by Gasteiger charge is -2.25. The molecule has 0 unspecified atom stereocenters. The van der Waals surface area contributed by atoms with Gasteiger partial charge in [-0.15, -0.1) is 10.1 Å². The molecule has 13 nitrogen and oxygen atoms in total. The van der Waals surface area contributed by atoms with Gasteiger partial charge in [0.1, 0.15) is 29.5 Å². The van der Waals surface area contributed by atoms with Crippen molar-refractivity contribution >= 4 is 18.0 Å². The molecule has 2 heterocycles. The molecule has 188 valence electrons. The van der Waals surface area contributed by atoms with Crippen LogP contribution in [0.5, 0.6) is 0 Å². The summed E-state index contributed by atoms with van der Waals surface area (Å²) < 4.78 is 26.8. The molecule has 2 aliphatic rings. The van der Waals surface area contributed by atoms with Gasteiger partial charge >= 0.3 is 18.0 Å². The molecule has 33 heavy (non-hydrogen) atoms. The molecule has 2 aliphatic heterocycles. The molecule has 0 aromatic heterocycles. The van der Waals surface area contributed by atoms with E-state index in [0.717, 1.165) is 0 Å². The van der Waals surface area contributed by atoms with Crippen LogP contribution in [0.1, 0.15) is 54.4 Å². The Balaban J connectivity index is 2.01. The van der Waals surface area contributed by atoms with E-state index in [1.807, 2.05) is 0 Å². The minimum absolute atomic E-state index is 0.0656. The number of alkyl carbamates (subject to hydrolysis) is 1. The van der Waals surface area contributed by atoms with Crippen molar-refractivity contribution in [2.45, 2.75) is 96.0 Å². The van der Waals surface area contributed by atoms with Crippen LogP contribution in [-0.2, 0) is 38.1 Å². The summed E-state index contributed by atoms with van der Waals surface area (Å²) in [6, 6.07) is -1.21. The van der Waals surface area contributed by atoms with Gasteiger partial charge in [0.25, 0.3) is 5.09 Å². The van der Waals surface area contributed by atoms with Crippen molar-refractivity contribution in [3.05, 3.63) is 10.1 Å². The van der Waals surface area contributed by atoms with E-state index in [2.05, 4.69) is 10.2 Å². The average molecular weight is 476 g/mol. The fourth-order valence-corrected chi connectivity index (χ4v) is 3.32. The summed E-state index contributed by atoms with van der Waals surface area (Å²) in [5, 5.41) is 12.1. The minimum atomic E-state index is -1.21. The topological polar surface area (TPSA) is 162 Å². The van der Waals surface area contributed by atoms with Crippen LogP contribution < -0.4 is 5.32 Å². The molecular weight excluding hydrogens is 444 g/mol. The van der Waals surface area contributed by atoms with Crippen LogP contribution in [0.2, 0.25) is 0 Å². The number of hydrogen-bond donors (Lipinski definition) is 1. The largest absolute Gasteiger partial charge is 0.460 e. The first-order valence-corrected chi connectivity index (χ1v) is 10.6. The molecule has 2 fully saturated rings. The molecule has 0 aromatic carbocycles. The molecule has 0 aromatic rings. The summed E-state index contributed by atoms with van der Waals surface area (Å²) in [5.74, 6) is -1.38.